The third-order valence-corrected chi connectivity index (χ3v) is 0.766. The summed E-state index contributed by atoms with van der Waals surface area (Å²) in [7, 11) is 0. The van der Waals surface area contributed by atoms with E-state index in [-0.39, 0.29) is 0 Å². The molecule has 1 heterocycles. The topological polar surface area (TPSA) is 49.5 Å². The number of nitrogens with zero attached hydrogens (tertiary/aromatic N) is 1. The second-order valence-electron chi connectivity index (χ2n) is 1.55. The van der Waals surface area contributed by atoms with E-state index in [1.54, 1.807) is 0 Å². The lowest BCUT2D eigenvalue weighted by Gasteiger charge is -1.96. The minimum absolute atomic E-state index is 0.531. The number of hydroxylamine groups is 2. The Balaban J connectivity index is 2.07. The van der Waals surface area contributed by atoms with Gasteiger partial charge in [-0.1, -0.05) is 0 Å². The van der Waals surface area contributed by atoms with Crippen LogP contribution >= 0.6 is 0 Å². The summed E-state index contributed by atoms with van der Waals surface area (Å²) in [6, 6.07) is 0. The van der Waals surface area contributed by atoms with Crippen molar-refractivity contribution < 1.29 is 14.7 Å². The van der Waals surface area contributed by atoms with Gasteiger partial charge in [0.15, 0.2) is 0 Å². The van der Waals surface area contributed by atoms with Crippen LogP contribution in [0.25, 0.3) is 0 Å². The van der Waals surface area contributed by atoms with Gasteiger partial charge in [0.2, 0.25) is 0 Å². The van der Waals surface area contributed by atoms with Crippen molar-refractivity contribution in [1.82, 2.24) is 5.06 Å². The highest BCUT2D eigenvalue weighted by Crippen LogP contribution is 2.02. The highest BCUT2D eigenvalue weighted by atomic mass is 16.7. The van der Waals surface area contributed by atoms with Crippen molar-refractivity contribution in [2.45, 2.75) is 0 Å². The average Bonchev–Trinajstić information content (AvgIpc) is 2.50. The second kappa shape index (κ2) is 2.11. The third kappa shape index (κ3) is 1.48. The molecule has 1 N–H and O–H groups in total. The lowest BCUT2D eigenvalue weighted by Crippen LogP contribution is -2.12. The number of aliphatic hydroxyl groups excluding tert-OH is 1. The lowest BCUT2D eigenvalue weighted by atomic mass is 10.8. The van der Waals surface area contributed by atoms with Crippen LogP contribution in [0.4, 0.5) is 0 Å². The molecule has 8 heavy (non-hydrogen) atoms. The Morgan fingerprint density at radius 1 is 1.75 bits per heavy atom. The van der Waals surface area contributed by atoms with E-state index in [1.165, 1.54) is 5.06 Å². The van der Waals surface area contributed by atoms with Crippen LogP contribution in [0.15, 0.2) is 0 Å². The van der Waals surface area contributed by atoms with Crippen LogP contribution in [0.5, 0.6) is 0 Å². The molecule has 0 aromatic heterocycles. The molecule has 0 radical (unpaired) electrons. The summed E-state index contributed by atoms with van der Waals surface area (Å²) in [5, 5.41) is 9.58. The van der Waals surface area contributed by atoms with Crippen molar-refractivity contribution in [3.05, 3.63) is 0 Å². The Hall–Kier alpha value is -0.610. The summed E-state index contributed by atoms with van der Waals surface area (Å²) in [6.45, 7) is 1.06. The van der Waals surface area contributed by atoms with Crippen LogP contribution in [-0.4, -0.2) is 35.8 Å². The maximum absolute atomic E-state index is 10.1. The number of aliphatic hydroxyl groups is 1. The molecule has 0 unspecified atom stereocenters. The Morgan fingerprint density at radius 3 is 2.75 bits per heavy atom. The summed E-state index contributed by atoms with van der Waals surface area (Å²) in [5.41, 5.74) is 0. The Morgan fingerprint density at radius 2 is 2.38 bits per heavy atom. The van der Waals surface area contributed by atoms with Gasteiger partial charge in [-0.15, -0.1) is 5.06 Å². The van der Waals surface area contributed by atoms with E-state index in [4.69, 9.17) is 5.11 Å². The van der Waals surface area contributed by atoms with E-state index in [1.807, 2.05) is 0 Å². The van der Waals surface area contributed by atoms with Crippen molar-refractivity contribution in [2.75, 3.05) is 19.7 Å². The first-order valence-electron chi connectivity index (χ1n) is 2.39. The van der Waals surface area contributed by atoms with Gasteiger partial charge in [0.1, 0.15) is 6.61 Å². The van der Waals surface area contributed by atoms with Gasteiger partial charge in [0.05, 0.1) is 13.1 Å². The van der Waals surface area contributed by atoms with E-state index in [0.29, 0.717) is 0 Å². The van der Waals surface area contributed by atoms with E-state index in [9.17, 15) is 4.79 Å². The maximum atomic E-state index is 10.1. The Kier molecular flexibility index (Phi) is 1.45. The summed E-state index contributed by atoms with van der Waals surface area (Å²) >= 11 is 0. The van der Waals surface area contributed by atoms with Gasteiger partial charge in [-0.3, -0.25) is 0 Å². The molecular formula is C4H7NO3. The van der Waals surface area contributed by atoms with Crippen LogP contribution < -0.4 is 0 Å². The summed E-state index contributed by atoms with van der Waals surface area (Å²) in [6.07, 6.45) is 0. The van der Waals surface area contributed by atoms with Gasteiger partial charge < -0.3 is 9.94 Å². The molecule has 4 heteroatoms. The SMILES string of the molecule is O=C(CO)ON1CC1. The number of hydrogen-bond donors (Lipinski definition) is 1. The predicted octanol–water partition coefficient (Wildman–Crippen LogP) is -1.25. The molecule has 0 bridgehead atoms. The highest BCUT2D eigenvalue weighted by Gasteiger charge is 2.21. The average molecular weight is 117 g/mol. The molecule has 1 aliphatic heterocycles. The van der Waals surface area contributed by atoms with Crippen LogP contribution in [0, 0.1) is 0 Å². The lowest BCUT2D eigenvalue weighted by molar-refractivity contribution is -0.169. The summed E-state index contributed by atoms with van der Waals surface area (Å²) < 4.78 is 0. The van der Waals surface area contributed by atoms with Crippen LogP contribution in [0.3, 0.4) is 0 Å². The molecule has 4 nitrogen and oxygen atoms in total. The molecule has 0 aromatic rings. The van der Waals surface area contributed by atoms with Crippen LogP contribution in [0.2, 0.25) is 0 Å². The van der Waals surface area contributed by atoms with Gasteiger partial charge >= 0.3 is 5.97 Å². The fourth-order valence-electron chi connectivity index (χ4n) is 0.305. The van der Waals surface area contributed by atoms with Gasteiger partial charge in [0, 0.05) is 0 Å². The van der Waals surface area contributed by atoms with Crippen molar-refractivity contribution >= 4 is 5.97 Å². The quantitative estimate of drug-likeness (QED) is 0.459. The van der Waals surface area contributed by atoms with Crippen molar-refractivity contribution in [2.24, 2.45) is 0 Å². The Labute approximate surface area is 46.6 Å². The van der Waals surface area contributed by atoms with Gasteiger partial charge in [-0.25, -0.2) is 4.79 Å². The maximum Gasteiger partial charge on any atom is 0.350 e. The first-order valence-corrected chi connectivity index (χ1v) is 2.39. The van der Waals surface area contributed by atoms with Gasteiger partial charge in [-0.05, 0) is 0 Å². The van der Waals surface area contributed by atoms with Gasteiger partial charge in [0.25, 0.3) is 0 Å². The van der Waals surface area contributed by atoms with Crippen molar-refractivity contribution in [3.63, 3.8) is 0 Å². The standard InChI is InChI=1S/C4H7NO3/c6-3-4(7)8-5-1-2-5/h6H,1-3H2. The molecular weight excluding hydrogens is 110 g/mol. The zero-order valence-electron chi connectivity index (χ0n) is 4.33. The Bertz CT molecular complexity index is 99.5. The van der Waals surface area contributed by atoms with Crippen molar-refractivity contribution in [1.29, 1.82) is 0 Å². The summed E-state index contributed by atoms with van der Waals surface area (Å²) in [4.78, 5) is 14.6. The third-order valence-electron chi connectivity index (χ3n) is 0.766. The molecule has 0 aliphatic carbocycles. The molecule has 1 fully saturated rings. The molecule has 1 rings (SSSR count). The fourth-order valence-corrected chi connectivity index (χ4v) is 0.305. The van der Waals surface area contributed by atoms with E-state index >= 15 is 0 Å². The number of carbonyl (C=O) groups excluding carboxylic acids is 1. The highest BCUT2D eigenvalue weighted by molar-refractivity contribution is 5.70. The molecule has 0 atom stereocenters. The smallest absolute Gasteiger partial charge is 0.350 e. The largest absolute Gasteiger partial charge is 0.385 e. The molecule has 0 saturated carbocycles. The first-order chi connectivity index (χ1) is 3.83. The molecule has 1 saturated heterocycles. The molecule has 46 valence electrons. The zero-order valence-corrected chi connectivity index (χ0v) is 4.33. The number of rotatable bonds is 2. The first kappa shape index (κ1) is 5.53. The van der Waals surface area contributed by atoms with E-state index in [0.717, 1.165) is 13.1 Å². The van der Waals surface area contributed by atoms with Gasteiger partial charge in [-0.2, -0.15) is 0 Å². The minimum atomic E-state index is -0.581. The number of hydrogen-bond acceptors (Lipinski definition) is 4. The van der Waals surface area contributed by atoms with Crippen LogP contribution in [-0.2, 0) is 9.63 Å². The fraction of sp³-hybridized carbons (Fsp3) is 0.750. The second-order valence-corrected chi connectivity index (χ2v) is 1.55. The van der Waals surface area contributed by atoms with E-state index in [2.05, 4.69) is 4.84 Å². The summed E-state index contributed by atoms with van der Waals surface area (Å²) in [5.74, 6) is -0.581. The van der Waals surface area contributed by atoms with E-state index < -0.39 is 12.6 Å². The zero-order chi connectivity index (χ0) is 5.98. The monoisotopic (exact) mass is 117 g/mol. The normalized spacial score (nSPS) is 18.1. The molecule has 0 spiro atoms. The minimum Gasteiger partial charge on any atom is -0.385 e. The molecule has 0 aromatic carbocycles. The van der Waals surface area contributed by atoms with Crippen LogP contribution in [0.1, 0.15) is 0 Å². The number of carbonyl (C=O) groups is 1. The molecule has 0 amide bonds. The predicted molar refractivity (Wildman–Crippen MR) is 24.8 cm³/mol. The molecule has 1 aliphatic rings. The van der Waals surface area contributed by atoms with Crippen molar-refractivity contribution in [3.8, 4) is 0 Å².